The Labute approximate surface area is 206 Å². The smallest absolute Gasteiger partial charge is 0.416 e. The zero-order valence-electron chi connectivity index (χ0n) is 19.7. The van der Waals surface area contributed by atoms with Crippen LogP contribution >= 0.6 is 0 Å². The summed E-state index contributed by atoms with van der Waals surface area (Å²) in [6.07, 6.45) is -1.53. The molecule has 0 bridgehead atoms. The zero-order valence-corrected chi connectivity index (χ0v) is 20.5. The molecule has 0 fully saturated rings. The van der Waals surface area contributed by atoms with Gasteiger partial charge in [0.25, 0.3) is 5.56 Å². The first kappa shape index (κ1) is 25.6. The number of sulfonamides is 1. The van der Waals surface area contributed by atoms with Gasteiger partial charge < -0.3 is 14.0 Å². The van der Waals surface area contributed by atoms with Crippen molar-refractivity contribution in [2.75, 3.05) is 17.1 Å². The van der Waals surface area contributed by atoms with Gasteiger partial charge in [0.05, 0.1) is 17.9 Å². The molecule has 1 aliphatic heterocycles. The molecule has 0 saturated carbocycles. The van der Waals surface area contributed by atoms with Gasteiger partial charge in [-0.2, -0.15) is 13.2 Å². The molecule has 11 heteroatoms. The highest BCUT2D eigenvalue weighted by molar-refractivity contribution is 7.92. The Kier molecular flexibility index (Phi) is 7.03. The monoisotopic (exact) mass is 522 g/mol. The quantitative estimate of drug-likeness (QED) is 0.502. The topological polar surface area (TPSA) is 86.6 Å². The van der Waals surface area contributed by atoms with Crippen molar-refractivity contribution in [3.05, 3.63) is 70.1 Å². The van der Waals surface area contributed by atoms with E-state index in [-0.39, 0.29) is 35.1 Å². The van der Waals surface area contributed by atoms with Crippen molar-refractivity contribution in [2.45, 2.75) is 32.4 Å². The van der Waals surface area contributed by atoms with Crippen LogP contribution in [0.1, 0.15) is 30.9 Å². The number of alkyl halides is 3. The third-order valence-electron chi connectivity index (χ3n) is 5.82. The van der Waals surface area contributed by atoms with Crippen LogP contribution < -0.4 is 19.8 Å². The summed E-state index contributed by atoms with van der Waals surface area (Å²) in [6, 6.07) is 9.27. The fourth-order valence-corrected chi connectivity index (χ4v) is 4.48. The number of aryl methyl sites for hydroxylation is 2. The largest absolute Gasteiger partial charge is 0.493 e. The van der Waals surface area contributed by atoms with Crippen LogP contribution in [0.2, 0.25) is 0 Å². The fourth-order valence-electron chi connectivity index (χ4n) is 3.85. The van der Waals surface area contributed by atoms with Crippen LogP contribution in [-0.2, 0) is 29.7 Å². The average molecular weight is 523 g/mol. The van der Waals surface area contributed by atoms with Crippen molar-refractivity contribution in [3.63, 3.8) is 0 Å². The second-order valence-corrected chi connectivity index (χ2v) is 10.5. The van der Waals surface area contributed by atoms with Crippen molar-refractivity contribution in [1.29, 1.82) is 0 Å². The van der Waals surface area contributed by atoms with Crippen molar-refractivity contribution in [3.8, 4) is 28.4 Å². The predicted octanol–water partition coefficient (Wildman–Crippen LogP) is 5.34. The summed E-state index contributed by atoms with van der Waals surface area (Å²) in [5.74, 6) is 0.689. The minimum absolute atomic E-state index is 0.135. The van der Waals surface area contributed by atoms with Crippen molar-refractivity contribution < 1.29 is 31.1 Å². The molecule has 1 aliphatic rings. The van der Waals surface area contributed by atoms with E-state index in [4.69, 9.17) is 9.47 Å². The van der Waals surface area contributed by atoms with Crippen LogP contribution in [0.4, 0.5) is 18.9 Å². The van der Waals surface area contributed by atoms with Crippen LogP contribution in [0, 0.1) is 0 Å². The van der Waals surface area contributed by atoms with E-state index >= 15 is 0 Å². The Hall–Kier alpha value is -3.47. The second kappa shape index (κ2) is 9.88. The standard InChI is InChI=1S/C25H25F3N2O5S/c1-3-36(32,33)29-18-8-10-22-19(13-18)20-15-30(2)24(31)14-23(20)34-11-5-4-6-16-12-17(25(26,27)28)7-9-21(16)35-22/h7-10,12-15,29H,3-6,11H2,1-2H3. The second-order valence-electron chi connectivity index (χ2n) is 8.44. The fraction of sp³-hybridized carbons (Fsp3) is 0.320. The van der Waals surface area contributed by atoms with Gasteiger partial charge >= 0.3 is 6.18 Å². The molecule has 0 spiro atoms. The molecule has 0 atom stereocenters. The summed E-state index contributed by atoms with van der Waals surface area (Å²) in [4.78, 5) is 12.3. The van der Waals surface area contributed by atoms with E-state index < -0.39 is 21.8 Å². The summed E-state index contributed by atoms with van der Waals surface area (Å²) in [6.45, 7) is 1.75. The molecule has 2 heterocycles. The number of hydrogen-bond acceptors (Lipinski definition) is 5. The number of rotatable bonds is 3. The Bertz CT molecular complexity index is 1450. The van der Waals surface area contributed by atoms with Gasteiger partial charge in [-0.25, -0.2) is 8.42 Å². The lowest BCUT2D eigenvalue weighted by Gasteiger charge is -2.20. The third-order valence-corrected chi connectivity index (χ3v) is 7.13. The summed E-state index contributed by atoms with van der Waals surface area (Å²) in [5, 5.41) is 0. The molecule has 3 aromatic rings. The van der Waals surface area contributed by atoms with Gasteiger partial charge in [0.2, 0.25) is 10.0 Å². The summed E-state index contributed by atoms with van der Waals surface area (Å²) < 4.78 is 80.2. The molecule has 4 rings (SSSR count). The van der Waals surface area contributed by atoms with Gasteiger partial charge in [0.1, 0.15) is 17.2 Å². The van der Waals surface area contributed by atoms with E-state index in [1.807, 2.05) is 0 Å². The van der Waals surface area contributed by atoms with Crippen molar-refractivity contribution >= 4 is 15.7 Å². The number of ether oxygens (including phenoxy) is 2. The van der Waals surface area contributed by atoms with Gasteiger partial charge in [-0.1, -0.05) is 0 Å². The Morgan fingerprint density at radius 3 is 2.47 bits per heavy atom. The minimum atomic E-state index is -4.49. The van der Waals surface area contributed by atoms with Crippen molar-refractivity contribution in [2.24, 2.45) is 7.05 Å². The number of halogens is 3. The normalized spacial score (nSPS) is 14.1. The van der Waals surface area contributed by atoms with Gasteiger partial charge in [0.15, 0.2) is 0 Å². The molecule has 0 saturated heterocycles. The maximum atomic E-state index is 13.3. The molecule has 0 unspecified atom stereocenters. The number of pyridine rings is 1. The number of aromatic nitrogens is 1. The lowest BCUT2D eigenvalue weighted by Crippen LogP contribution is -2.17. The van der Waals surface area contributed by atoms with E-state index in [1.54, 1.807) is 19.3 Å². The highest BCUT2D eigenvalue weighted by atomic mass is 32.2. The van der Waals surface area contributed by atoms with E-state index in [0.29, 0.717) is 41.7 Å². The molecular weight excluding hydrogens is 497 g/mol. The van der Waals surface area contributed by atoms with E-state index in [2.05, 4.69) is 4.72 Å². The average Bonchev–Trinajstić information content (AvgIpc) is 2.81. The Morgan fingerprint density at radius 1 is 1.00 bits per heavy atom. The van der Waals surface area contributed by atoms with Gasteiger partial charge in [-0.05, 0) is 68.1 Å². The van der Waals surface area contributed by atoms with Gasteiger partial charge in [0, 0.05) is 36.1 Å². The van der Waals surface area contributed by atoms with Crippen molar-refractivity contribution in [1.82, 2.24) is 4.57 Å². The highest BCUT2D eigenvalue weighted by Gasteiger charge is 2.31. The van der Waals surface area contributed by atoms with Gasteiger partial charge in [-0.15, -0.1) is 0 Å². The maximum Gasteiger partial charge on any atom is 0.416 e. The lowest BCUT2D eigenvalue weighted by atomic mass is 10.0. The maximum absolute atomic E-state index is 13.3. The van der Waals surface area contributed by atoms with Gasteiger partial charge in [-0.3, -0.25) is 9.52 Å². The molecular formula is C25H25F3N2O5S. The number of fused-ring (bicyclic) bond motifs is 4. The van der Waals surface area contributed by atoms with Crippen LogP contribution in [-0.4, -0.2) is 25.3 Å². The first-order valence-electron chi connectivity index (χ1n) is 11.3. The first-order chi connectivity index (χ1) is 17.0. The molecule has 0 aliphatic carbocycles. The molecule has 1 N–H and O–H groups in total. The molecule has 192 valence electrons. The third kappa shape index (κ3) is 5.67. The molecule has 1 aromatic heterocycles. The highest BCUT2D eigenvalue weighted by Crippen LogP contribution is 2.42. The molecule has 2 aromatic carbocycles. The Morgan fingerprint density at radius 2 is 1.75 bits per heavy atom. The zero-order chi connectivity index (χ0) is 26.1. The summed E-state index contributed by atoms with van der Waals surface area (Å²) in [5.41, 5.74) is 0.475. The summed E-state index contributed by atoms with van der Waals surface area (Å²) in [7, 11) is -2.02. The molecule has 7 nitrogen and oxygen atoms in total. The Balaban J connectivity index is 1.91. The minimum Gasteiger partial charge on any atom is -0.493 e. The van der Waals surface area contributed by atoms with E-state index in [9.17, 15) is 26.4 Å². The number of benzene rings is 2. The number of hydrogen-bond donors (Lipinski definition) is 1. The van der Waals surface area contributed by atoms with Crippen LogP contribution in [0.15, 0.2) is 53.5 Å². The summed E-state index contributed by atoms with van der Waals surface area (Å²) >= 11 is 0. The number of nitrogens with one attached hydrogen (secondary N) is 1. The van der Waals surface area contributed by atoms with Crippen LogP contribution in [0.25, 0.3) is 11.1 Å². The molecule has 36 heavy (non-hydrogen) atoms. The van der Waals surface area contributed by atoms with Crippen LogP contribution in [0.5, 0.6) is 17.2 Å². The van der Waals surface area contributed by atoms with Crippen LogP contribution in [0.3, 0.4) is 0 Å². The number of nitrogens with zero attached hydrogens (tertiary/aromatic N) is 1. The van der Waals surface area contributed by atoms with E-state index in [1.165, 1.54) is 35.8 Å². The predicted molar refractivity (Wildman–Crippen MR) is 130 cm³/mol. The molecule has 0 amide bonds. The lowest BCUT2D eigenvalue weighted by molar-refractivity contribution is -0.137. The molecule has 0 radical (unpaired) electrons. The first-order valence-corrected chi connectivity index (χ1v) is 13.0. The number of anilines is 1. The van der Waals surface area contributed by atoms with E-state index in [0.717, 1.165) is 12.1 Å². The SMILES string of the molecule is CCS(=O)(=O)Nc1ccc2c(c1)-c1cn(C)c(=O)cc1OCCCCc1cc(C(F)(F)F)ccc1O2.